The van der Waals surface area contributed by atoms with E-state index in [0.29, 0.717) is 12.8 Å². The molecule has 6 heteroatoms. The second-order valence-electron chi connectivity index (χ2n) is 7.46. The topological polar surface area (TPSA) is 53.0 Å². The van der Waals surface area contributed by atoms with E-state index in [2.05, 4.69) is 11.2 Å². The summed E-state index contributed by atoms with van der Waals surface area (Å²) in [6, 6.07) is 11.9. The molecule has 1 atom stereocenters. The third-order valence-electron chi connectivity index (χ3n) is 5.36. The summed E-state index contributed by atoms with van der Waals surface area (Å²) >= 11 is 0. The van der Waals surface area contributed by atoms with Gasteiger partial charge in [0, 0.05) is 19.9 Å². The fraction of sp³-hybridized carbons (Fsp3) is 0.348. The smallest absolute Gasteiger partial charge is 0.262 e. The van der Waals surface area contributed by atoms with E-state index >= 15 is 0 Å². The lowest BCUT2D eigenvalue weighted by Crippen LogP contribution is -2.39. The van der Waals surface area contributed by atoms with Crippen molar-refractivity contribution in [2.24, 2.45) is 5.10 Å². The Morgan fingerprint density at radius 2 is 1.83 bits per heavy atom. The fourth-order valence-corrected chi connectivity index (χ4v) is 3.41. The van der Waals surface area contributed by atoms with Gasteiger partial charge in [-0.1, -0.05) is 31.2 Å². The van der Waals surface area contributed by atoms with E-state index in [4.69, 9.17) is 0 Å². The van der Waals surface area contributed by atoms with E-state index in [9.17, 15) is 14.0 Å². The molecular weight excluding hydrogens is 369 g/mol. The van der Waals surface area contributed by atoms with Gasteiger partial charge in [0.15, 0.2) is 0 Å². The number of benzene rings is 2. The summed E-state index contributed by atoms with van der Waals surface area (Å²) in [6.45, 7) is 5.80. The predicted molar refractivity (Wildman–Crippen MR) is 111 cm³/mol. The largest absolute Gasteiger partial charge is 0.336 e. The number of likely N-dealkylation sites (N-methyl/N-ethyl adjacent to an activating group) is 1. The van der Waals surface area contributed by atoms with Crippen LogP contribution in [-0.2, 0) is 9.59 Å². The first kappa shape index (κ1) is 20.7. The molecular formula is C23H26FN3O2. The summed E-state index contributed by atoms with van der Waals surface area (Å²) in [7, 11) is 1.61. The molecule has 3 rings (SSSR count). The zero-order valence-corrected chi connectivity index (χ0v) is 17.3. The monoisotopic (exact) mass is 395 g/mol. The Hall–Kier alpha value is -3.02. The predicted octanol–water partition coefficient (Wildman–Crippen LogP) is 3.99. The Labute approximate surface area is 170 Å². The van der Waals surface area contributed by atoms with Gasteiger partial charge in [-0.2, -0.15) is 5.10 Å². The van der Waals surface area contributed by atoms with Crippen molar-refractivity contribution in [3.05, 3.63) is 70.5 Å². The summed E-state index contributed by atoms with van der Waals surface area (Å²) in [5.41, 5.74) is 4.93. The highest BCUT2D eigenvalue weighted by Crippen LogP contribution is 2.33. The third-order valence-corrected chi connectivity index (χ3v) is 5.36. The molecule has 0 aliphatic carbocycles. The van der Waals surface area contributed by atoms with Crippen LogP contribution >= 0.6 is 0 Å². The van der Waals surface area contributed by atoms with Gasteiger partial charge in [-0.3, -0.25) is 9.59 Å². The van der Waals surface area contributed by atoms with Gasteiger partial charge in [0.1, 0.15) is 12.4 Å². The molecule has 0 radical (unpaired) electrons. The van der Waals surface area contributed by atoms with Crippen LogP contribution in [-0.4, -0.2) is 41.0 Å². The van der Waals surface area contributed by atoms with Gasteiger partial charge in [-0.25, -0.2) is 9.40 Å². The van der Waals surface area contributed by atoms with E-state index in [-0.39, 0.29) is 30.2 Å². The van der Waals surface area contributed by atoms with Gasteiger partial charge in [-0.15, -0.1) is 0 Å². The Bertz CT molecular complexity index is 953. The van der Waals surface area contributed by atoms with Crippen molar-refractivity contribution >= 4 is 17.5 Å². The maximum Gasteiger partial charge on any atom is 0.262 e. The fourth-order valence-electron chi connectivity index (χ4n) is 3.41. The first-order valence-electron chi connectivity index (χ1n) is 9.76. The summed E-state index contributed by atoms with van der Waals surface area (Å²) in [5.74, 6) is -0.690. The quantitative estimate of drug-likeness (QED) is 0.769. The maximum absolute atomic E-state index is 13.4. The first-order chi connectivity index (χ1) is 13.8. The Morgan fingerprint density at radius 3 is 2.45 bits per heavy atom. The molecule has 0 aromatic heterocycles. The number of hydrazone groups is 1. The normalized spacial score (nSPS) is 16.0. The van der Waals surface area contributed by atoms with Crippen LogP contribution in [0, 0.1) is 19.7 Å². The van der Waals surface area contributed by atoms with Gasteiger partial charge in [0.25, 0.3) is 5.91 Å². The molecule has 0 spiro atoms. The lowest BCUT2D eigenvalue weighted by atomic mass is 9.96. The molecule has 0 saturated heterocycles. The number of nitrogens with zero attached hydrogens (tertiary/aromatic N) is 3. The lowest BCUT2D eigenvalue weighted by Gasteiger charge is -2.24. The second-order valence-corrected chi connectivity index (χ2v) is 7.46. The van der Waals surface area contributed by atoms with Crippen LogP contribution in [0.3, 0.4) is 0 Å². The van der Waals surface area contributed by atoms with E-state index < -0.39 is 0 Å². The summed E-state index contributed by atoms with van der Waals surface area (Å²) < 4.78 is 13.4. The number of carbonyl (C=O) groups excluding carboxylic acids is 2. The average molecular weight is 395 g/mol. The van der Waals surface area contributed by atoms with Crippen molar-refractivity contribution in [3.63, 3.8) is 0 Å². The highest BCUT2D eigenvalue weighted by Gasteiger charge is 2.33. The van der Waals surface area contributed by atoms with Crippen molar-refractivity contribution in [3.8, 4) is 0 Å². The molecule has 29 heavy (non-hydrogen) atoms. The highest BCUT2D eigenvalue weighted by atomic mass is 19.1. The van der Waals surface area contributed by atoms with Crippen molar-refractivity contribution in [2.45, 2.75) is 39.7 Å². The number of hydrogen-bond acceptors (Lipinski definition) is 3. The van der Waals surface area contributed by atoms with Gasteiger partial charge in [0.2, 0.25) is 5.91 Å². The van der Waals surface area contributed by atoms with E-state index in [1.165, 1.54) is 27.6 Å². The zero-order valence-electron chi connectivity index (χ0n) is 17.3. The number of aryl methyl sites for hydroxylation is 2. The van der Waals surface area contributed by atoms with Crippen molar-refractivity contribution < 1.29 is 14.0 Å². The van der Waals surface area contributed by atoms with Gasteiger partial charge in [-0.05, 0) is 54.3 Å². The molecule has 2 aromatic rings. The third kappa shape index (κ3) is 4.53. The first-order valence-corrected chi connectivity index (χ1v) is 9.76. The lowest BCUT2D eigenvalue weighted by molar-refractivity contribution is -0.140. The van der Waals surface area contributed by atoms with Crippen molar-refractivity contribution in [1.29, 1.82) is 0 Å². The van der Waals surface area contributed by atoms with Crippen LogP contribution in [0.1, 0.15) is 48.1 Å². The summed E-state index contributed by atoms with van der Waals surface area (Å²) in [5, 5.41) is 6.06. The molecule has 0 bridgehead atoms. The minimum absolute atomic E-state index is 0.0475. The Morgan fingerprint density at radius 1 is 1.14 bits per heavy atom. The second kappa shape index (κ2) is 8.55. The van der Waals surface area contributed by atoms with Crippen LogP contribution in [0.15, 0.2) is 47.6 Å². The molecule has 2 aromatic carbocycles. The summed E-state index contributed by atoms with van der Waals surface area (Å²) in [6.07, 6.45) is 0.869. The van der Waals surface area contributed by atoms with Crippen molar-refractivity contribution in [1.82, 2.24) is 9.91 Å². The maximum atomic E-state index is 13.4. The van der Waals surface area contributed by atoms with Crippen LogP contribution in [0.5, 0.6) is 0 Å². The van der Waals surface area contributed by atoms with Gasteiger partial charge >= 0.3 is 0 Å². The van der Waals surface area contributed by atoms with E-state index in [1.807, 2.05) is 26.0 Å². The standard InChI is InChI=1S/C23H26FN3O2/c1-5-22(28)26(4)14-23(29)27-21(17-8-10-19(24)11-9-17)13-20(25-27)18-7-6-15(2)16(3)12-18/h6-12,21H,5,13-14H2,1-4H3. The zero-order chi connectivity index (χ0) is 21.1. The summed E-state index contributed by atoms with van der Waals surface area (Å²) in [4.78, 5) is 26.3. The minimum Gasteiger partial charge on any atom is -0.336 e. The molecule has 2 amide bonds. The number of rotatable bonds is 5. The molecule has 5 nitrogen and oxygen atoms in total. The highest BCUT2D eigenvalue weighted by molar-refractivity contribution is 6.03. The van der Waals surface area contributed by atoms with E-state index in [1.54, 1.807) is 26.1 Å². The molecule has 1 aliphatic heterocycles. The van der Waals surface area contributed by atoms with Gasteiger partial charge < -0.3 is 4.90 Å². The number of amides is 2. The van der Waals surface area contributed by atoms with E-state index in [0.717, 1.165) is 22.4 Å². The molecule has 1 aliphatic rings. The number of hydrogen-bond donors (Lipinski definition) is 0. The Kier molecular flexibility index (Phi) is 6.11. The molecule has 1 unspecified atom stereocenters. The molecule has 0 N–H and O–H groups in total. The van der Waals surface area contributed by atoms with Crippen molar-refractivity contribution in [2.75, 3.05) is 13.6 Å². The minimum atomic E-state index is -0.329. The number of halogens is 1. The number of carbonyl (C=O) groups is 2. The van der Waals surface area contributed by atoms with Crippen LogP contribution in [0.2, 0.25) is 0 Å². The molecule has 0 saturated carbocycles. The van der Waals surface area contributed by atoms with Gasteiger partial charge in [0.05, 0.1) is 11.8 Å². The van der Waals surface area contributed by atoms with Crippen LogP contribution in [0.4, 0.5) is 4.39 Å². The van der Waals surface area contributed by atoms with Crippen LogP contribution in [0.25, 0.3) is 0 Å². The molecule has 1 heterocycles. The molecule has 0 fully saturated rings. The Balaban J connectivity index is 1.92. The van der Waals surface area contributed by atoms with Crippen LogP contribution < -0.4 is 0 Å². The average Bonchev–Trinajstić information content (AvgIpc) is 3.15. The SMILES string of the molecule is CCC(=O)N(C)CC(=O)N1N=C(c2ccc(C)c(C)c2)CC1c1ccc(F)cc1. The molecule has 152 valence electrons.